The molecular formula is C14H26ClN3O. The maximum absolute atomic E-state index is 12.2. The number of hydrogen-bond donors (Lipinski definition) is 2. The Morgan fingerprint density at radius 2 is 2.05 bits per heavy atom. The summed E-state index contributed by atoms with van der Waals surface area (Å²) < 4.78 is 0. The molecule has 3 atom stereocenters. The molecule has 19 heavy (non-hydrogen) atoms. The van der Waals surface area contributed by atoms with Crippen LogP contribution < -0.4 is 10.6 Å². The molecule has 0 aromatic rings. The third kappa shape index (κ3) is 3.83. The maximum Gasteiger partial charge on any atom is 0.237 e. The lowest BCUT2D eigenvalue weighted by Crippen LogP contribution is -2.51. The number of carbonyl (C=O) groups excluding carboxylic acids is 1. The molecule has 4 nitrogen and oxygen atoms in total. The Hall–Kier alpha value is -0.320. The van der Waals surface area contributed by atoms with Crippen molar-refractivity contribution < 1.29 is 4.79 Å². The van der Waals surface area contributed by atoms with E-state index in [1.807, 2.05) is 0 Å². The molecule has 5 heteroatoms. The monoisotopic (exact) mass is 287 g/mol. The van der Waals surface area contributed by atoms with Gasteiger partial charge in [-0.1, -0.05) is 6.92 Å². The second kappa shape index (κ2) is 6.42. The SMILES string of the molecule is CC1CCNC(C(=O)NC2CCN(C3CC3)C2)C1.Cl. The molecule has 0 bridgehead atoms. The smallest absolute Gasteiger partial charge is 0.237 e. The van der Waals surface area contributed by atoms with Crippen LogP contribution in [0.15, 0.2) is 0 Å². The van der Waals surface area contributed by atoms with Crippen LogP contribution in [0, 0.1) is 5.92 Å². The first-order valence-corrected chi connectivity index (χ1v) is 7.50. The zero-order chi connectivity index (χ0) is 12.5. The molecule has 2 heterocycles. The summed E-state index contributed by atoms with van der Waals surface area (Å²) in [5.74, 6) is 0.901. The van der Waals surface area contributed by atoms with Crippen molar-refractivity contribution in [2.75, 3.05) is 19.6 Å². The van der Waals surface area contributed by atoms with E-state index in [2.05, 4.69) is 22.5 Å². The number of amides is 1. The summed E-state index contributed by atoms with van der Waals surface area (Å²) in [5, 5.41) is 6.58. The number of rotatable bonds is 3. The van der Waals surface area contributed by atoms with Crippen molar-refractivity contribution in [2.45, 2.75) is 57.2 Å². The molecular weight excluding hydrogens is 262 g/mol. The molecule has 2 saturated heterocycles. The van der Waals surface area contributed by atoms with Crippen molar-refractivity contribution in [1.82, 2.24) is 15.5 Å². The first-order valence-electron chi connectivity index (χ1n) is 7.50. The van der Waals surface area contributed by atoms with Crippen LogP contribution in [0.2, 0.25) is 0 Å². The van der Waals surface area contributed by atoms with Gasteiger partial charge in [0.1, 0.15) is 0 Å². The van der Waals surface area contributed by atoms with Crippen molar-refractivity contribution in [2.24, 2.45) is 5.92 Å². The van der Waals surface area contributed by atoms with Gasteiger partial charge in [-0.3, -0.25) is 9.69 Å². The molecule has 0 aromatic heterocycles. The van der Waals surface area contributed by atoms with Crippen LogP contribution in [0.5, 0.6) is 0 Å². The Balaban J connectivity index is 0.00000133. The van der Waals surface area contributed by atoms with Crippen molar-refractivity contribution in [3.05, 3.63) is 0 Å². The van der Waals surface area contributed by atoms with E-state index in [-0.39, 0.29) is 24.4 Å². The van der Waals surface area contributed by atoms with Gasteiger partial charge in [0.05, 0.1) is 6.04 Å². The summed E-state index contributed by atoms with van der Waals surface area (Å²) in [6, 6.07) is 1.26. The maximum atomic E-state index is 12.2. The van der Waals surface area contributed by atoms with Gasteiger partial charge in [0.25, 0.3) is 0 Å². The minimum absolute atomic E-state index is 0. The summed E-state index contributed by atoms with van der Waals surface area (Å²) in [4.78, 5) is 14.7. The van der Waals surface area contributed by atoms with Gasteiger partial charge >= 0.3 is 0 Å². The van der Waals surface area contributed by atoms with Gasteiger partial charge < -0.3 is 10.6 Å². The summed E-state index contributed by atoms with van der Waals surface area (Å²) in [6.07, 6.45) is 6.04. The van der Waals surface area contributed by atoms with Crippen LogP contribution >= 0.6 is 12.4 Å². The van der Waals surface area contributed by atoms with Gasteiger partial charge in [-0.25, -0.2) is 0 Å². The fraction of sp³-hybridized carbons (Fsp3) is 0.929. The number of piperidine rings is 1. The first kappa shape index (κ1) is 15.1. The molecule has 1 aliphatic carbocycles. The van der Waals surface area contributed by atoms with E-state index in [1.54, 1.807) is 0 Å². The van der Waals surface area contributed by atoms with E-state index in [9.17, 15) is 4.79 Å². The van der Waals surface area contributed by atoms with Gasteiger partial charge in [-0.2, -0.15) is 0 Å². The van der Waals surface area contributed by atoms with Gasteiger partial charge in [0.2, 0.25) is 5.91 Å². The van der Waals surface area contributed by atoms with E-state index in [1.165, 1.54) is 25.8 Å². The number of carbonyl (C=O) groups is 1. The second-order valence-electron chi connectivity index (χ2n) is 6.36. The van der Waals surface area contributed by atoms with E-state index < -0.39 is 0 Å². The Morgan fingerprint density at radius 3 is 2.74 bits per heavy atom. The molecule has 3 unspecified atom stereocenters. The number of nitrogens with one attached hydrogen (secondary N) is 2. The fourth-order valence-electron chi connectivity index (χ4n) is 3.29. The van der Waals surface area contributed by atoms with Gasteiger partial charge in [-0.15, -0.1) is 12.4 Å². The summed E-state index contributed by atoms with van der Waals surface area (Å²) in [6.45, 7) is 5.46. The normalized spacial score (nSPS) is 35.7. The van der Waals surface area contributed by atoms with Crippen LogP contribution in [0.1, 0.15) is 39.0 Å². The zero-order valence-electron chi connectivity index (χ0n) is 11.7. The lowest BCUT2D eigenvalue weighted by atomic mass is 9.94. The highest BCUT2D eigenvalue weighted by molar-refractivity contribution is 5.85. The lowest BCUT2D eigenvalue weighted by Gasteiger charge is -2.28. The van der Waals surface area contributed by atoms with Crippen LogP contribution in [0.3, 0.4) is 0 Å². The van der Waals surface area contributed by atoms with Crippen LogP contribution in [0.25, 0.3) is 0 Å². The average Bonchev–Trinajstić information content (AvgIpc) is 3.11. The Morgan fingerprint density at radius 1 is 1.26 bits per heavy atom. The molecule has 0 radical (unpaired) electrons. The summed E-state index contributed by atoms with van der Waals surface area (Å²) in [7, 11) is 0. The standard InChI is InChI=1S/C14H25N3O.ClH/c1-10-4-6-15-13(8-10)14(18)16-11-5-7-17(9-11)12-2-3-12;/h10-13,15H,2-9H2,1H3,(H,16,18);1H. The highest BCUT2D eigenvalue weighted by Crippen LogP contribution is 2.29. The van der Waals surface area contributed by atoms with E-state index in [0.29, 0.717) is 12.0 Å². The molecule has 0 spiro atoms. The molecule has 1 saturated carbocycles. The molecule has 1 amide bonds. The third-order valence-corrected chi connectivity index (χ3v) is 4.61. The number of likely N-dealkylation sites (tertiary alicyclic amines) is 1. The summed E-state index contributed by atoms with van der Waals surface area (Å²) >= 11 is 0. The largest absolute Gasteiger partial charge is 0.351 e. The van der Waals surface area contributed by atoms with Crippen molar-refractivity contribution >= 4 is 18.3 Å². The fourth-order valence-corrected chi connectivity index (χ4v) is 3.29. The molecule has 3 aliphatic rings. The topological polar surface area (TPSA) is 44.4 Å². The van der Waals surface area contributed by atoms with Gasteiger partial charge in [0.15, 0.2) is 0 Å². The number of hydrogen-bond acceptors (Lipinski definition) is 3. The van der Waals surface area contributed by atoms with E-state index in [0.717, 1.165) is 32.0 Å². The Labute approximate surface area is 122 Å². The minimum Gasteiger partial charge on any atom is -0.351 e. The zero-order valence-corrected chi connectivity index (χ0v) is 12.5. The second-order valence-corrected chi connectivity index (χ2v) is 6.36. The highest BCUT2D eigenvalue weighted by Gasteiger charge is 2.35. The lowest BCUT2D eigenvalue weighted by molar-refractivity contribution is -0.124. The van der Waals surface area contributed by atoms with Crippen molar-refractivity contribution in [3.8, 4) is 0 Å². The van der Waals surface area contributed by atoms with E-state index >= 15 is 0 Å². The van der Waals surface area contributed by atoms with Gasteiger partial charge in [0, 0.05) is 25.2 Å². The molecule has 2 N–H and O–H groups in total. The van der Waals surface area contributed by atoms with Gasteiger partial charge in [-0.05, 0) is 44.6 Å². The highest BCUT2D eigenvalue weighted by atomic mass is 35.5. The minimum atomic E-state index is 0. The number of nitrogens with zero attached hydrogens (tertiary/aromatic N) is 1. The van der Waals surface area contributed by atoms with Crippen LogP contribution in [-0.2, 0) is 4.79 Å². The first-order chi connectivity index (χ1) is 8.72. The third-order valence-electron chi connectivity index (χ3n) is 4.61. The number of halogens is 1. The van der Waals surface area contributed by atoms with Crippen molar-refractivity contribution in [3.63, 3.8) is 0 Å². The average molecular weight is 288 g/mol. The Bertz CT molecular complexity index is 322. The quantitative estimate of drug-likeness (QED) is 0.818. The van der Waals surface area contributed by atoms with Crippen LogP contribution in [-0.4, -0.2) is 48.6 Å². The molecule has 2 aliphatic heterocycles. The molecule has 0 aromatic carbocycles. The molecule has 110 valence electrons. The predicted octanol–water partition coefficient (Wildman–Crippen LogP) is 1.15. The predicted molar refractivity (Wildman–Crippen MR) is 78.6 cm³/mol. The van der Waals surface area contributed by atoms with E-state index in [4.69, 9.17) is 0 Å². The molecule has 3 rings (SSSR count). The van der Waals surface area contributed by atoms with Crippen molar-refractivity contribution in [1.29, 1.82) is 0 Å². The summed E-state index contributed by atoms with van der Waals surface area (Å²) in [5.41, 5.74) is 0. The van der Waals surface area contributed by atoms with Crippen LogP contribution in [0.4, 0.5) is 0 Å². The molecule has 3 fully saturated rings. The Kier molecular flexibility index (Phi) is 5.09.